The molecule has 2 rings (SSSR count). The fourth-order valence-electron chi connectivity index (χ4n) is 1.81. The summed E-state index contributed by atoms with van der Waals surface area (Å²) in [5, 5.41) is 2.97. The van der Waals surface area contributed by atoms with Crippen molar-refractivity contribution >= 4 is 11.6 Å². The third-order valence-electron chi connectivity index (χ3n) is 2.98. The maximum absolute atomic E-state index is 12.5. The Labute approximate surface area is 141 Å². The molecule has 0 aliphatic carbocycles. The molecule has 8 heteroatoms. The number of alkyl halides is 3. The second-order valence-corrected chi connectivity index (χ2v) is 5.18. The fourth-order valence-corrected chi connectivity index (χ4v) is 2.02. The van der Waals surface area contributed by atoms with Gasteiger partial charge in [-0.1, -0.05) is 16.8 Å². The minimum Gasteiger partial charge on any atom is -0.493 e. The third-order valence-corrected chi connectivity index (χ3v) is 3.27. The molecule has 24 heavy (non-hydrogen) atoms. The second kappa shape index (κ2) is 8.01. The molecule has 0 saturated carbocycles. The van der Waals surface area contributed by atoms with E-state index in [1.807, 2.05) is 0 Å². The average Bonchev–Trinajstić information content (AvgIpc) is 2.54. The van der Waals surface area contributed by atoms with Gasteiger partial charge in [-0.25, -0.2) is 0 Å². The van der Waals surface area contributed by atoms with E-state index in [9.17, 15) is 18.1 Å². The van der Waals surface area contributed by atoms with Crippen molar-refractivity contribution in [3.63, 3.8) is 0 Å². The lowest BCUT2D eigenvalue weighted by molar-refractivity contribution is -0.137. The quantitative estimate of drug-likeness (QED) is 0.471. The van der Waals surface area contributed by atoms with Crippen LogP contribution in [0.3, 0.4) is 0 Å². The van der Waals surface area contributed by atoms with Crippen molar-refractivity contribution in [2.24, 2.45) is 5.18 Å². The predicted octanol–water partition coefficient (Wildman–Crippen LogP) is 5.69. The number of hydrogen-bond acceptors (Lipinski definition) is 4. The van der Waals surface area contributed by atoms with E-state index in [0.717, 1.165) is 12.1 Å². The smallest absolute Gasteiger partial charge is 0.416 e. The van der Waals surface area contributed by atoms with E-state index in [1.165, 1.54) is 18.2 Å². The summed E-state index contributed by atoms with van der Waals surface area (Å²) in [7, 11) is 0. The SMILES string of the molecule is O=NCCCOc1ccc(Oc2ccc(C(F)(F)F)cc2)c(Cl)c1. The van der Waals surface area contributed by atoms with Crippen molar-refractivity contribution in [1.29, 1.82) is 0 Å². The largest absolute Gasteiger partial charge is 0.493 e. The third kappa shape index (κ3) is 5.13. The minimum atomic E-state index is -4.39. The van der Waals surface area contributed by atoms with E-state index in [2.05, 4.69) is 5.18 Å². The Morgan fingerprint density at radius 2 is 1.71 bits per heavy atom. The molecule has 0 N–H and O–H groups in total. The standard InChI is InChI=1S/C16H13ClF3NO3/c17-14-10-13(23-9-1-8-21-22)6-7-15(14)24-12-4-2-11(3-5-12)16(18,19)20/h2-7,10H,1,8-9H2. The van der Waals surface area contributed by atoms with E-state index < -0.39 is 11.7 Å². The van der Waals surface area contributed by atoms with Crippen LogP contribution in [-0.4, -0.2) is 13.2 Å². The van der Waals surface area contributed by atoms with Crippen LogP contribution in [0.25, 0.3) is 0 Å². The number of nitroso groups, excluding NO2 is 1. The Hall–Kier alpha value is -2.28. The first-order valence-electron chi connectivity index (χ1n) is 6.97. The highest BCUT2D eigenvalue weighted by atomic mass is 35.5. The van der Waals surface area contributed by atoms with Gasteiger partial charge < -0.3 is 9.47 Å². The first kappa shape index (κ1) is 18.1. The highest BCUT2D eigenvalue weighted by Crippen LogP contribution is 2.34. The van der Waals surface area contributed by atoms with Crippen molar-refractivity contribution in [3.8, 4) is 17.2 Å². The number of rotatable bonds is 7. The van der Waals surface area contributed by atoms with E-state index in [4.69, 9.17) is 21.1 Å². The van der Waals surface area contributed by atoms with E-state index in [0.29, 0.717) is 24.5 Å². The lowest BCUT2D eigenvalue weighted by Gasteiger charge is -2.11. The van der Waals surface area contributed by atoms with Crippen LogP contribution in [0.2, 0.25) is 5.02 Å². The molecule has 0 unspecified atom stereocenters. The van der Waals surface area contributed by atoms with Gasteiger partial charge in [-0.15, -0.1) is 0 Å². The Balaban J connectivity index is 2.01. The molecule has 0 atom stereocenters. The number of ether oxygens (including phenoxy) is 2. The van der Waals surface area contributed by atoms with Gasteiger partial charge in [-0.2, -0.15) is 18.1 Å². The highest BCUT2D eigenvalue weighted by Gasteiger charge is 2.30. The maximum Gasteiger partial charge on any atom is 0.416 e. The molecule has 0 saturated heterocycles. The second-order valence-electron chi connectivity index (χ2n) is 4.77. The van der Waals surface area contributed by atoms with Gasteiger partial charge in [-0.3, -0.25) is 0 Å². The summed E-state index contributed by atoms with van der Waals surface area (Å²) in [5.74, 6) is 1.01. The monoisotopic (exact) mass is 359 g/mol. The van der Waals surface area contributed by atoms with Gasteiger partial charge >= 0.3 is 6.18 Å². The molecule has 0 aromatic heterocycles. The van der Waals surface area contributed by atoms with Crippen LogP contribution in [0.5, 0.6) is 17.2 Å². The van der Waals surface area contributed by atoms with Crippen LogP contribution in [0.1, 0.15) is 12.0 Å². The molecule has 0 aliphatic rings. The van der Waals surface area contributed by atoms with Crippen molar-refractivity contribution < 1.29 is 22.6 Å². The number of hydrogen-bond donors (Lipinski definition) is 0. The molecule has 4 nitrogen and oxygen atoms in total. The minimum absolute atomic E-state index is 0.169. The van der Waals surface area contributed by atoms with Crippen LogP contribution in [0.4, 0.5) is 13.2 Å². The lowest BCUT2D eigenvalue weighted by atomic mass is 10.2. The van der Waals surface area contributed by atoms with Crippen molar-refractivity contribution in [3.05, 3.63) is 58.0 Å². The molecule has 0 fully saturated rings. The molecule has 2 aromatic carbocycles. The van der Waals surface area contributed by atoms with Gasteiger partial charge in [0.25, 0.3) is 0 Å². The van der Waals surface area contributed by atoms with Gasteiger partial charge in [0.2, 0.25) is 0 Å². The molecular formula is C16H13ClF3NO3. The van der Waals surface area contributed by atoms with Gasteiger partial charge in [0.15, 0.2) is 0 Å². The van der Waals surface area contributed by atoms with Crippen LogP contribution < -0.4 is 9.47 Å². The van der Waals surface area contributed by atoms with Gasteiger partial charge in [0.05, 0.1) is 23.7 Å². The van der Waals surface area contributed by atoms with Crippen LogP contribution >= 0.6 is 11.6 Å². The summed E-state index contributed by atoms with van der Waals surface area (Å²) in [4.78, 5) is 9.96. The van der Waals surface area contributed by atoms with Crippen LogP contribution in [-0.2, 0) is 6.18 Å². The molecule has 0 bridgehead atoms. The van der Waals surface area contributed by atoms with Crippen LogP contribution in [0, 0.1) is 4.91 Å². The highest BCUT2D eigenvalue weighted by molar-refractivity contribution is 6.32. The molecule has 2 aromatic rings. The molecule has 0 spiro atoms. The molecule has 0 heterocycles. The van der Waals surface area contributed by atoms with Crippen molar-refractivity contribution in [2.75, 3.05) is 13.2 Å². The molecule has 0 radical (unpaired) electrons. The molecule has 0 aliphatic heterocycles. The zero-order chi connectivity index (χ0) is 17.6. The maximum atomic E-state index is 12.5. The predicted molar refractivity (Wildman–Crippen MR) is 83.7 cm³/mol. The number of halogens is 4. The van der Waals surface area contributed by atoms with E-state index in [-0.39, 0.29) is 17.3 Å². The molecule has 0 amide bonds. The Bertz CT molecular complexity index is 690. The molecular weight excluding hydrogens is 347 g/mol. The summed E-state index contributed by atoms with van der Waals surface area (Å²) in [6.45, 7) is 0.490. The van der Waals surface area contributed by atoms with E-state index in [1.54, 1.807) is 12.1 Å². The number of nitrogens with zero attached hydrogens (tertiary/aromatic N) is 1. The fraction of sp³-hybridized carbons (Fsp3) is 0.250. The van der Waals surface area contributed by atoms with E-state index >= 15 is 0 Å². The topological polar surface area (TPSA) is 47.9 Å². The zero-order valence-electron chi connectivity index (χ0n) is 12.3. The summed E-state index contributed by atoms with van der Waals surface area (Å²) in [6.07, 6.45) is -3.90. The normalized spacial score (nSPS) is 11.2. The van der Waals surface area contributed by atoms with Gasteiger partial charge in [0, 0.05) is 12.5 Å². The van der Waals surface area contributed by atoms with Gasteiger partial charge in [-0.05, 0) is 36.4 Å². The Morgan fingerprint density at radius 1 is 1.04 bits per heavy atom. The summed E-state index contributed by atoms with van der Waals surface area (Å²) < 4.78 is 48.4. The Kier molecular flexibility index (Phi) is 6.03. The summed E-state index contributed by atoms with van der Waals surface area (Å²) in [5.41, 5.74) is -0.755. The average molecular weight is 360 g/mol. The van der Waals surface area contributed by atoms with Gasteiger partial charge in [0.1, 0.15) is 17.2 Å². The number of benzene rings is 2. The first-order chi connectivity index (χ1) is 11.4. The summed E-state index contributed by atoms with van der Waals surface area (Å²) >= 11 is 6.07. The van der Waals surface area contributed by atoms with Crippen molar-refractivity contribution in [1.82, 2.24) is 0 Å². The van der Waals surface area contributed by atoms with Crippen molar-refractivity contribution in [2.45, 2.75) is 12.6 Å². The molecule has 128 valence electrons. The summed E-state index contributed by atoms with van der Waals surface area (Å²) in [6, 6.07) is 8.98. The Morgan fingerprint density at radius 3 is 2.29 bits per heavy atom. The zero-order valence-corrected chi connectivity index (χ0v) is 13.1. The lowest BCUT2D eigenvalue weighted by Crippen LogP contribution is -2.04. The first-order valence-corrected chi connectivity index (χ1v) is 7.34. The van der Waals surface area contributed by atoms with Crippen LogP contribution in [0.15, 0.2) is 47.6 Å².